The van der Waals surface area contributed by atoms with Crippen LogP contribution in [0.2, 0.25) is 0 Å². The highest BCUT2D eigenvalue weighted by molar-refractivity contribution is 7.26. The number of thiophene rings is 1. The highest BCUT2D eigenvalue weighted by Crippen LogP contribution is 2.43. The maximum atomic E-state index is 6.48. The average Bonchev–Trinajstić information content (AvgIpc) is 3.57. The van der Waals surface area contributed by atoms with E-state index in [4.69, 9.17) is 14.4 Å². The van der Waals surface area contributed by atoms with Gasteiger partial charge in [-0.15, -0.1) is 11.3 Å². The first-order chi connectivity index (χ1) is 19.8. The summed E-state index contributed by atoms with van der Waals surface area (Å²) in [5, 5.41) is 12.4. The van der Waals surface area contributed by atoms with Crippen LogP contribution in [-0.4, -0.2) is 9.97 Å². The SMILES string of the molecule is c1ccc2c(c1)cc1oc3ccc4cc3c1c2c1nc(c2ccccc42)c2ccc3sc4ccccc4c3c2n1. The summed E-state index contributed by atoms with van der Waals surface area (Å²) in [7, 11) is 0. The Hall–Kier alpha value is -5.06. The van der Waals surface area contributed by atoms with Crippen LogP contribution in [0.25, 0.3) is 96.5 Å². The van der Waals surface area contributed by atoms with Gasteiger partial charge in [-0.05, 0) is 57.9 Å². The molecule has 4 bridgehead atoms. The van der Waals surface area contributed by atoms with Crippen LogP contribution in [0, 0.1) is 0 Å². The lowest BCUT2D eigenvalue weighted by Gasteiger charge is -2.09. The van der Waals surface area contributed by atoms with Gasteiger partial charge in [0.05, 0.1) is 11.0 Å². The highest BCUT2D eigenvalue weighted by atomic mass is 32.1. The van der Waals surface area contributed by atoms with Crippen molar-refractivity contribution in [1.82, 2.24) is 9.97 Å². The van der Waals surface area contributed by atoms with Crippen molar-refractivity contribution in [2.75, 3.05) is 0 Å². The second-order valence-electron chi connectivity index (χ2n) is 10.5. The molecule has 0 radical (unpaired) electrons. The fraction of sp³-hybridized carbons (Fsp3) is 0. The van der Waals surface area contributed by atoms with E-state index in [1.54, 1.807) is 0 Å². The van der Waals surface area contributed by atoms with Gasteiger partial charge in [-0.2, -0.15) is 0 Å². The first-order valence-electron chi connectivity index (χ1n) is 13.4. The van der Waals surface area contributed by atoms with Gasteiger partial charge in [0.25, 0.3) is 0 Å². The molecule has 0 aliphatic rings. The molecule has 6 aromatic carbocycles. The van der Waals surface area contributed by atoms with E-state index in [-0.39, 0.29) is 0 Å². The Morgan fingerprint density at radius 3 is 2.12 bits per heavy atom. The molecule has 0 N–H and O–H groups in total. The molecule has 10 aromatic rings. The lowest BCUT2D eigenvalue weighted by atomic mass is 9.98. The van der Waals surface area contributed by atoms with Gasteiger partial charge in [0.15, 0.2) is 5.65 Å². The van der Waals surface area contributed by atoms with Crippen LogP contribution in [0.4, 0.5) is 0 Å². The van der Waals surface area contributed by atoms with Crippen LogP contribution in [0.3, 0.4) is 0 Å². The fourth-order valence-electron chi connectivity index (χ4n) is 6.66. The molecule has 4 heterocycles. The molecule has 0 fully saturated rings. The molecule has 4 aromatic heterocycles. The minimum atomic E-state index is 0.733. The molecular formula is C36H18N2OS. The Kier molecular flexibility index (Phi) is 3.81. The molecule has 0 spiro atoms. The number of fused-ring (bicyclic) bond motifs is 15. The van der Waals surface area contributed by atoms with E-state index in [9.17, 15) is 0 Å². The molecular weight excluding hydrogens is 508 g/mol. The zero-order valence-electron chi connectivity index (χ0n) is 21.1. The lowest BCUT2D eigenvalue weighted by molar-refractivity contribution is 0.670. The van der Waals surface area contributed by atoms with Gasteiger partial charge in [0.2, 0.25) is 0 Å². The first-order valence-corrected chi connectivity index (χ1v) is 14.2. The van der Waals surface area contributed by atoms with Gasteiger partial charge in [-0.1, -0.05) is 72.8 Å². The first kappa shape index (κ1) is 20.8. The van der Waals surface area contributed by atoms with Gasteiger partial charge in [-0.3, -0.25) is 0 Å². The van der Waals surface area contributed by atoms with E-state index in [0.717, 1.165) is 76.3 Å². The largest absolute Gasteiger partial charge is 0.456 e. The van der Waals surface area contributed by atoms with Crippen LogP contribution >= 0.6 is 11.3 Å². The number of rotatable bonds is 0. The average molecular weight is 527 g/mol. The number of hydrogen-bond acceptors (Lipinski definition) is 4. The number of aromatic nitrogens is 2. The van der Waals surface area contributed by atoms with Crippen LogP contribution in [0.5, 0.6) is 0 Å². The predicted molar refractivity (Wildman–Crippen MR) is 170 cm³/mol. The van der Waals surface area contributed by atoms with Crippen LogP contribution in [-0.2, 0) is 0 Å². The van der Waals surface area contributed by atoms with Crippen molar-refractivity contribution in [2.45, 2.75) is 0 Å². The van der Waals surface area contributed by atoms with Crippen molar-refractivity contribution in [1.29, 1.82) is 0 Å². The third-order valence-electron chi connectivity index (χ3n) is 8.41. The number of furan rings is 1. The zero-order valence-corrected chi connectivity index (χ0v) is 21.9. The third kappa shape index (κ3) is 2.59. The lowest BCUT2D eigenvalue weighted by Crippen LogP contribution is -1.91. The van der Waals surface area contributed by atoms with E-state index in [1.165, 1.54) is 20.2 Å². The van der Waals surface area contributed by atoms with Crippen LogP contribution < -0.4 is 0 Å². The highest BCUT2D eigenvalue weighted by Gasteiger charge is 2.19. The number of benzene rings is 6. The Morgan fingerprint density at radius 1 is 0.450 bits per heavy atom. The smallest absolute Gasteiger partial charge is 0.161 e. The quantitative estimate of drug-likeness (QED) is 0.197. The summed E-state index contributed by atoms with van der Waals surface area (Å²) in [5.41, 5.74) is 4.42. The molecule has 0 saturated heterocycles. The summed E-state index contributed by atoms with van der Waals surface area (Å²) in [5.74, 6) is 0. The molecule has 3 nitrogen and oxygen atoms in total. The predicted octanol–water partition coefficient (Wildman–Crippen LogP) is 10.5. The fourth-order valence-corrected chi connectivity index (χ4v) is 7.77. The van der Waals surface area contributed by atoms with E-state index in [0.29, 0.717) is 0 Å². The Morgan fingerprint density at radius 2 is 1.20 bits per heavy atom. The molecule has 10 rings (SSSR count). The Balaban J connectivity index is 1.63. The number of hydrogen-bond donors (Lipinski definition) is 0. The molecule has 0 atom stereocenters. The minimum absolute atomic E-state index is 0.733. The van der Waals surface area contributed by atoms with E-state index >= 15 is 0 Å². The van der Waals surface area contributed by atoms with Crippen LogP contribution in [0.1, 0.15) is 0 Å². The van der Waals surface area contributed by atoms with Gasteiger partial charge in [0, 0.05) is 47.1 Å². The van der Waals surface area contributed by atoms with Gasteiger partial charge >= 0.3 is 0 Å². The molecule has 0 saturated carbocycles. The van der Waals surface area contributed by atoms with Crippen molar-refractivity contribution in [3.05, 3.63) is 109 Å². The Labute approximate surface area is 230 Å². The van der Waals surface area contributed by atoms with Crippen molar-refractivity contribution in [2.24, 2.45) is 0 Å². The summed E-state index contributed by atoms with van der Waals surface area (Å²) in [4.78, 5) is 10.9. The molecule has 0 aliphatic heterocycles. The standard InChI is InChI=1S/C36H18N2OS/c1-2-9-22-19(7-1)18-28-31-26-17-20(13-15-27(26)39-28)21-8-3-4-10-23(21)34-25-14-16-30-32(24-11-5-6-12-29(24)40-30)35(25)38-36(37-34)33(22)31/h1-18H. The maximum absolute atomic E-state index is 6.48. The van der Waals surface area contributed by atoms with Crippen molar-refractivity contribution in [3.8, 4) is 0 Å². The molecule has 0 unspecified atom stereocenters. The Bertz CT molecular complexity index is 2720. The second kappa shape index (κ2) is 7.32. The number of nitrogens with zero attached hydrogens (tertiary/aromatic N) is 2. The second-order valence-corrected chi connectivity index (χ2v) is 11.6. The van der Waals surface area contributed by atoms with Crippen LogP contribution in [0.15, 0.2) is 114 Å². The minimum Gasteiger partial charge on any atom is -0.456 e. The topological polar surface area (TPSA) is 38.9 Å². The van der Waals surface area contributed by atoms with Crippen molar-refractivity contribution < 1.29 is 4.42 Å². The maximum Gasteiger partial charge on any atom is 0.161 e. The van der Waals surface area contributed by atoms with E-state index in [1.807, 2.05) is 11.3 Å². The molecule has 184 valence electrons. The van der Waals surface area contributed by atoms with Gasteiger partial charge in [-0.25, -0.2) is 9.97 Å². The molecule has 4 heteroatoms. The summed E-state index contributed by atoms with van der Waals surface area (Å²) in [6.07, 6.45) is 0. The summed E-state index contributed by atoms with van der Waals surface area (Å²) in [6, 6.07) is 38.9. The summed E-state index contributed by atoms with van der Waals surface area (Å²) in [6.45, 7) is 0. The third-order valence-corrected chi connectivity index (χ3v) is 9.54. The van der Waals surface area contributed by atoms with E-state index in [2.05, 4.69) is 109 Å². The van der Waals surface area contributed by atoms with Crippen molar-refractivity contribution in [3.63, 3.8) is 0 Å². The normalized spacial score (nSPS) is 12.5. The van der Waals surface area contributed by atoms with Gasteiger partial charge < -0.3 is 4.42 Å². The zero-order chi connectivity index (χ0) is 25.9. The van der Waals surface area contributed by atoms with Crippen molar-refractivity contribution >= 4 is 108 Å². The van der Waals surface area contributed by atoms with E-state index < -0.39 is 0 Å². The molecule has 40 heavy (non-hydrogen) atoms. The molecule has 0 amide bonds. The van der Waals surface area contributed by atoms with Gasteiger partial charge in [0.1, 0.15) is 11.2 Å². The summed E-state index contributed by atoms with van der Waals surface area (Å²) >= 11 is 1.82. The molecule has 0 aliphatic carbocycles. The monoisotopic (exact) mass is 526 g/mol. The summed E-state index contributed by atoms with van der Waals surface area (Å²) < 4.78 is 8.99.